The summed E-state index contributed by atoms with van der Waals surface area (Å²) in [7, 11) is 2.89. The van der Waals surface area contributed by atoms with Crippen molar-refractivity contribution in [3.8, 4) is 0 Å². The van der Waals surface area contributed by atoms with E-state index in [4.69, 9.17) is 0 Å². The zero-order valence-corrected chi connectivity index (χ0v) is 14.6. The summed E-state index contributed by atoms with van der Waals surface area (Å²) in [5, 5.41) is 2.79. The van der Waals surface area contributed by atoms with Crippen LogP contribution in [0.15, 0.2) is 40.2 Å². The quantitative estimate of drug-likeness (QED) is 0.732. The number of carbonyl (C=O) groups is 1. The molecular formula is C17H18FN5O3. The topological polar surface area (TPSA) is 90.9 Å². The Kier molecular flexibility index (Phi) is 4.45. The van der Waals surface area contributed by atoms with Crippen molar-refractivity contribution < 1.29 is 9.18 Å². The van der Waals surface area contributed by atoms with Crippen molar-refractivity contribution in [1.82, 2.24) is 24.0 Å². The SMILES string of the molecule is C[C@@H](NC(=O)Cn1cnc2c1c(=O)n(C)c(=O)n2C)c1ccc(F)cc1. The number of hydrogen-bond acceptors (Lipinski definition) is 4. The molecule has 0 aliphatic rings. The largest absolute Gasteiger partial charge is 0.348 e. The van der Waals surface area contributed by atoms with Crippen LogP contribution in [0.1, 0.15) is 18.5 Å². The van der Waals surface area contributed by atoms with Crippen molar-refractivity contribution >= 4 is 17.1 Å². The number of rotatable bonds is 4. The lowest BCUT2D eigenvalue weighted by Gasteiger charge is -2.15. The van der Waals surface area contributed by atoms with Gasteiger partial charge >= 0.3 is 5.69 Å². The van der Waals surface area contributed by atoms with Gasteiger partial charge < -0.3 is 9.88 Å². The average Bonchev–Trinajstić information content (AvgIpc) is 3.02. The minimum absolute atomic E-state index is 0.129. The van der Waals surface area contributed by atoms with Crippen molar-refractivity contribution in [3.05, 3.63) is 62.8 Å². The molecule has 1 atom stereocenters. The van der Waals surface area contributed by atoms with E-state index in [0.29, 0.717) is 0 Å². The molecule has 0 fully saturated rings. The van der Waals surface area contributed by atoms with E-state index in [0.717, 1.165) is 10.1 Å². The number of halogens is 1. The second kappa shape index (κ2) is 6.58. The molecule has 0 saturated carbocycles. The van der Waals surface area contributed by atoms with Crippen LogP contribution in [0.4, 0.5) is 4.39 Å². The van der Waals surface area contributed by atoms with Crippen LogP contribution in [-0.4, -0.2) is 24.6 Å². The molecule has 0 aliphatic heterocycles. The average molecular weight is 359 g/mol. The lowest BCUT2D eigenvalue weighted by molar-refractivity contribution is -0.122. The third-order valence-corrected chi connectivity index (χ3v) is 4.28. The van der Waals surface area contributed by atoms with Gasteiger partial charge in [-0.2, -0.15) is 0 Å². The molecule has 1 N–H and O–H groups in total. The monoisotopic (exact) mass is 359 g/mol. The van der Waals surface area contributed by atoms with E-state index < -0.39 is 11.2 Å². The van der Waals surface area contributed by atoms with E-state index in [1.54, 1.807) is 19.1 Å². The highest BCUT2D eigenvalue weighted by Crippen LogP contribution is 2.13. The molecule has 0 aliphatic carbocycles. The summed E-state index contributed by atoms with van der Waals surface area (Å²) in [4.78, 5) is 40.7. The number of nitrogens with one attached hydrogen (secondary N) is 1. The molecule has 3 rings (SSSR count). The smallest absolute Gasteiger partial charge is 0.332 e. The Labute approximate surface area is 147 Å². The van der Waals surface area contributed by atoms with Crippen LogP contribution in [0.2, 0.25) is 0 Å². The highest BCUT2D eigenvalue weighted by Gasteiger charge is 2.17. The summed E-state index contributed by atoms with van der Waals surface area (Å²) in [5.41, 5.74) is 0.160. The molecule has 2 heterocycles. The molecule has 0 bridgehead atoms. The third kappa shape index (κ3) is 3.03. The fourth-order valence-electron chi connectivity index (χ4n) is 2.79. The second-order valence-corrected chi connectivity index (χ2v) is 6.09. The summed E-state index contributed by atoms with van der Waals surface area (Å²) >= 11 is 0. The van der Waals surface area contributed by atoms with Crippen LogP contribution >= 0.6 is 0 Å². The van der Waals surface area contributed by atoms with Gasteiger partial charge in [0.25, 0.3) is 5.56 Å². The summed E-state index contributed by atoms with van der Waals surface area (Å²) in [6.45, 7) is 1.65. The van der Waals surface area contributed by atoms with Gasteiger partial charge in [-0.05, 0) is 24.6 Å². The van der Waals surface area contributed by atoms with Crippen molar-refractivity contribution in [1.29, 1.82) is 0 Å². The van der Waals surface area contributed by atoms with Gasteiger partial charge in [-0.1, -0.05) is 12.1 Å². The Morgan fingerprint density at radius 2 is 1.85 bits per heavy atom. The van der Waals surface area contributed by atoms with Crippen LogP contribution in [-0.2, 0) is 25.4 Å². The molecule has 0 unspecified atom stereocenters. The first kappa shape index (κ1) is 17.6. The number of aromatic nitrogens is 4. The number of aryl methyl sites for hydroxylation is 1. The number of imidazole rings is 1. The number of nitrogens with zero attached hydrogens (tertiary/aromatic N) is 4. The molecule has 2 aromatic heterocycles. The van der Waals surface area contributed by atoms with E-state index in [-0.39, 0.29) is 35.5 Å². The van der Waals surface area contributed by atoms with Crippen molar-refractivity contribution in [2.75, 3.05) is 0 Å². The number of amides is 1. The maximum atomic E-state index is 13.0. The highest BCUT2D eigenvalue weighted by atomic mass is 19.1. The van der Waals surface area contributed by atoms with Gasteiger partial charge in [-0.3, -0.25) is 18.7 Å². The Morgan fingerprint density at radius 3 is 2.50 bits per heavy atom. The molecule has 1 amide bonds. The Balaban J connectivity index is 1.85. The molecule has 0 radical (unpaired) electrons. The molecule has 1 aromatic carbocycles. The number of carbonyl (C=O) groups excluding carboxylic acids is 1. The van der Waals surface area contributed by atoms with Crippen LogP contribution in [0.3, 0.4) is 0 Å². The standard InChI is InChI=1S/C17H18FN5O3/c1-10(11-4-6-12(18)7-5-11)20-13(24)8-23-9-19-15-14(23)16(25)22(3)17(26)21(15)2/h4-7,9-10H,8H2,1-3H3,(H,20,24)/t10-/m1/s1. The lowest BCUT2D eigenvalue weighted by Crippen LogP contribution is -2.38. The van der Waals surface area contributed by atoms with Gasteiger partial charge in [-0.15, -0.1) is 0 Å². The Morgan fingerprint density at radius 1 is 1.19 bits per heavy atom. The fraction of sp³-hybridized carbons (Fsp3) is 0.294. The molecule has 136 valence electrons. The molecule has 0 spiro atoms. The van der Waals surface area contributed by atoms with E-state index in [2.05, 4.69) is 10.3 Å². The van der Waals surface area contributed by atoms with Gasteiger partial charge in [0.2, 0.25) is 5.91 Å². The van der Waals surface area contributed by atoms with E-state index >= 15 is 0 Å². The van der Waals surface area contributed by atoms with Crippen molar-refractivity contribution in [2.24, 2.45) is 14.1 Å². The van der Waals surface area contributed by atoms with Crippen LogP contribution in [0.25, 0.3) is 11.2 Å². The first-order valence-corrected chi connectivity index (χ1v) is 7.95. The maximum absolute atomic E-state index is 13.0. The fourth-order valence-corrected chi connectivity index (χ4v) is 2.79. The summed E-state index contributed by atoms with van der Waals surface area (Å²) in [5.74, 6) is -0.685. The molecule has 9 heteroatoms. The molecule has 26 heavy (non-hydrogen) atoms. The van der Waals surface area contributed by atoms with Crippen molar-refractivity contribution in [2.45, 2.75) is 19.5 Å². The first-order chi connectivity index (χ1) is 12.3. The zero-order chi connectivity index (χ0) is 19.0. The summed E-state index contributed by atoms with van der Waals surface area (Å²) < 4.78 is 16.6. The predicted octanol–water partition coefficient (Wildman–Crippen LogP) is 0.450. The van der Waals surface area contributed by atoms with Crippen LogP contribution < -0.4 is 16.6 Å². The minimum Gasteiger partial charge on any atom is -0.348 e. The third-order valence-electron chi connectivity index (χ3n) is 4.28. The van der Waals surface area contributed by atoms with Gasteiger partial charge in [-0.25, -0.2) is 14.2 Å². The highest BCUT2D eigenvalue weighted by molar-refractivity contribution is 5.79. The minimum atomic E-state index is -0.514. The molecular weight excluding hydrogens is 341 g/mol. The molecule has 0 saturated heterocycles. The van der Waals surface area contributed by atoms with Crippen LogP contribution in [0, 0.1) is 5.82 Å². The van der Waals surface area contributed by atoms with Gasteiger partial charge in [0, 0.05) is 14.1 Å². The molecule has 3 aromatic rings. The predicted molar refractivity (Wildman–Crippen MR) is 93.2 cm³/mol. The number of hydrogen-bond donors (Lipinski definition) is 1. The maximum Gasteiger partial charge on any atom is 0.332 e. The lowest BCUT2D eigenvalue weighted by atomic mass is 10.1. The summed E-state index contributed by atoms with van der Waals surface area (Å²) in [6.07, 6.45) is 1.35. The van der Waals surface area contributed by atoms with Crippen molar-refractivity contribution in [3.63, 3.8) is 0 Å². The first-order valence-electron chi connectivity index (χ1n) is 7.95. The zero-order valence-electron chi connectivity index (χ0n) is 14.6. The van der Waals surface area contributed by atoms with E-state index in [9.17, 15) is 18.8 Å². The van der Waals surface area contributed by atoms with Gasteiger partial charge in [0.1, 0.15) is 12.4 Å². The Hall–Kier alpha value is -3.23. The number of fused-ring (bicyclic) bond motifs is 1. The van der Waals surface area contributed by atoms with E-state index in [1.807, 2.05) is 0 Å². The normalized spacial score (nSPS) is 12.3. The second-order valence-electron chi connectivity index (χ2n) is 6.09. The number of benzene rings is 1. The summed E-state index contributed by atoms with van der Waals surface area (Å²) in [6, 6.07) is 5.51. The van der Waals surface area contributed by atoms with Crippen LogP contribution in [0.5, 0.6) is 0 Å². The molecule has 8 nitrogen and oxygen atoms in total. The Bertz CT molecular complexity index is 1090. The van der Waals surface area contributed by atoms with Gasteiger partial charge in [0.15, 0.2) is 11.2 Å². The van der Waals surface area contributed by atoms with E-state index in [1.165, 1.54) is 41.7 Å². The van der Waals surface area contributed by atoms with Gasteiger partial charge in [0.05, 0.1) is 12.4 Å².